The highest BCUT2D eigenvalue weighted by Gasteiger charge is 2.01. The zero-order valence-electron chi connectivity index (χ0n) is 10.0. The summed E-state index contributed by atoms with van der Waals surface area (Å²) in [5.41, 5.74) is 1.58. The van der Waals surface area contributed by atoms with Gasteiger partial charge < -0.3 is 10.1 Å². The van der Waals surface area contributed by atoms with Crippen LogP contribution in [0, 0.1) is 11.3 Å². The molecule has 1 aromatic carbocycles. The van der Waals surface area contributed by atoms with Crippen LogP contribution in [0.4, 0.5) is 5.69 Å². The molecule has 0 amide bonds. The molecule has 0 atom stereocenters. The first-order valence-electron chi connectivity index (χ1n) is 5.70. The number of nitrogens with one attached hydrogen (secondary N) is 1. The third kappa shape index (κ3) is 5.20. The normalized spacial score (nSPS) is 9.94. The van der Waals surface area contributed by atoms with Crippen molar-refractivity contribution in [3.8, 4) is 6.07 Å². The molecule has 1 aromatic rings. The number of methoxy groups -OCH3 is 1. The molecule has 0 saturated heterocycles. The van der Waals surface area contributed by atoms with E-state index in [2.05, 4.69) is 27.3 Å². The molecule has 3 nitrogen and oxygen atoms in total. The van der Waals surface area contributed by atoms with E-state index in [0.29, 0.717) is 5.56 Å². The van der Waals surface area contributed by atoms with Gasteiger partial charge >= 0.3 is 0 Å². The lowest BCUT2D eigenvalue weighted by atomic mass is 10.2. The minimum absolute atomic E-state index is 0.677. The molecule has 0 radical (unpaired) electrons. The van der Waals surface area contributed by atoms with Gasteiger partial charge in [-0.3, -0.25) is 0 Å². The first-order chi connectivity index (χ1) is 8.27. The fourth-order valence-electron chi connectivity index (χ4n) is 1.53. The van der Waals surface area contributed by atoms with Gasteiger partial charge in [-0.2, -0.15) is 5.26 Å². The number of ether oxygens (including phenoxy) is 1. The summed E-state index contributed by atoms with van der Waals surface area (Å²) in [7, 11) is 1.72. The quantitative estimate of drug-likeness (QED) is 0.783. The predicted octanol–water partition coefficient (Wildman–Crippen LogP) is 3.55. The van der Waals surface area contributed by atoms with Crippen LogP contribution >= 0.6 is 15.9 Å². The van der Waals surface area contributed by atoms with E-state index < -0.39 is 0 Å². The molecule has 4 heteroatoms. The Hall–Kier alpha value is -1.05. The largest absolute Gasteiger partial charge is 0.385 e. The Morgan fingerprint density at radius 3 is 2.88 bits per heavy atom. The van der Waals surface area contributed by atoms with Crippen LogP contribution in [0.1, 0.15) is 24.8 Å². The lowest BCUT2D eigenvalue weighted by Crippen LogP contribution is -2.03. The fraction of sp³-hybridized carbons (Fsp3) is 0.462. The van der Waals surface area contributed by atoms with Crippen molar-refractivity contribution < 1.29 is 4.74 Å². The summed E-state index contributed by atoms with van der Waals surface area (Å²) in [4.78, 5) is 0. The van der Waals surface area contributed by atoms with E-state index in [-0.39, 0.29) is 0 Å². The molecule has 1 N–H and O–H groups in total. The van der Waals surface area contributed by atoms with Crippen molar-refractivity contribution >= 4 is 21.6 Å². The van der Waals surface area contributed by atoms with Gasteiger partial charge in [0.25, 0.3) is 0 Å². The maximum absolute atomic E-state index is 8.99. The summed E-state index contributed by atoms with van der Waals surface area (Å²) in [6, 6.07) is 7.88. The van der Waals surface area contributed by atoms with Crippen LogP contribution in [0.2, 0.25) is 0 Å². The molecule has 0 saturated carbocycles. The van der Waals surface area contributed by atoms with Gasteiger partial charge in [-0.1, -0.05) is 15.9 Å². The molecule has 0 unspecified atom stereocenters. The minimum atomic E-state index is 0.677. The lowest BCUT2D eigenvalue weighted by molar-refractivity contribution is 0.192. The Kier molecular flexibility index (Phi) is 6.68. The number of nitrogens with zero attached hydrogens (tertiary/aromatic N) is 1. The van der Waals surface area contributed by atoms with E-state index in [9.17, 15) is 0 Å². The van der Waals surface area contributed by atoms with Gasteiger partial charge in [0.2, 0.25) is 0 Å². The average molecular weight is 297 g/mol. The number of benzene rings is 1. The van der Waals surface area contributed by atoms with Crippen molar-refractivity contribution in [2.75, 3.05) is 25.6 Å². The predicted molar refractivity (Wildman–Crippen MR) is 73.1 cm³/mol. The molecule has 92 valence electrons. The van der Waals surface area contributed by atoms with Gasteiger partial charge in [0.05, 0.1) is 11.3 Å². The molecular formula is C13H17BrN2O. The Morgan fingerprint density at radius 2 is 2.18 bits per heavy atom. The standard InChI is InChI=1S/C13H17BrN2O/c1-17-8-4-2-3-7-16-13-6-5-12(14)9-11(13)10-15/h5-6,9,16H,2-4,7-8H2,1H3. The van der Waals surface area contributed by atoms with Crippen LogP contribution in [0.25, 0.3) is 0 Å². The number of hydrogen-bond acceptors (Lipinski definition) is 3. The van der Waals surface area contributed by atoms with E-state index in [1.165, 1.54) is 0 Å². The van der Waals surface area contributed by atoms with Gasteiger partial charge in [0.15, 0.2) is 0 Å². The highest BCUT2D eigenvalue weighted by molar-refractivity contribution is 9.10. The number of unbranched alkanes of at least 4 members (excludes halogenated alkanes) is 2. The second kappa shape index (κ2) is 8.10. The van der Waals surface area contributed by atoms with E-state index in [1.54, 1.807) is 7.11 Å². The molecule has 0 aliphatic carbocycles. The van der Waals surface area contributed by atoms with Gasteiger partial charge in [0.1, 0.15) is 6.07 Å². The van der Waals surface area contributed by atoms with E-state index in [1.807, 2.05) is 18.2 Å². The molecule has 0 heterocycles. The first kappa shape index (κ1) is 14.0. The van der Waals surface area contributed by atoms with E-state index in [0.717, 1.165) is 42.6 Å². The molecule has 0 bridgehead atoms. The third-order valence-corrected chi connectivity index (χ3v) is 2.94. The summed E-state index contributed by atoms with van der Waals surface area (Å²) >= 11 is 3.35. The number of hydrogen-bond donors (Lipinski definition) is 1. The lowest BCUT2D eigenvalue weighted by Gasteiger charge is -2.08. The minimum Gasteiger partial charge on any atom is -0.385 e. The molecule has 17 heavy (non-hydrogen) atoms. The molecule has 1 rings (SSSR count). The number of halogens is 1. The zero-order valence-corrected chi connectivity index (χ0v) is 11.6. The number of rotatable bonds is 7. The van der Waals surface area contributed by atoms with Crippen molar-refractivity contribution in [2.24, 2.45) is 0 Å². The van der Waals surface area contributed by atoms with E-state index >= 15 is 0 Å². The maximum Gasteiger partial charge on any atom is 0.101 e. The van der Waals surface area contributed by atoms with Crippen molar-refractivity contribution in [1.82, 2.24) is 0 Å². The first-order valence-corrected chi connectivity index (χ1v) is 6.49. The smallest absolute Gasteiger partial charge is 0.101 e. The molecule has 0 fully saturated rings. The van der Waals surface area contributed by atoms with Crippen LogP contribution < -0.4 is 5.32 Å². The summed E-state index contributed by atoms with van der Waals surface area (Å²) in [5, 5.41) is 12.3. The fourth-order valence-corrected chi connectivity index (χ4v) is 1.90. The van der Waals surface area contributed by atoms with Gasteiger partial charge in [-0.05, 0) is 37.5 Å². The second-order valence-corrected chi connectivity index (χ2v) is 4.70. The van der Waals surface area contributed by atoms with Crippen molar-refractivity contribution in [3.05, 3.63) is 28.2 Å². The van der Waals surface area contributed by atoms with Crippen molar-refractivity contribution in [2.45, 2.75) is 19.3 Å². The highest BCUT2D eigenvalue weighted by Crippen LogP contribution is 2.20. The van der Waals surface area contributed by atoms with Gasteiger partial charge in [-0.15, -0.1) is 0 Å². The summed E-state index contributed by atoms with van der Waals surface area (Å²) in [6.07, 6.45) is 3.31. The van der Waals surface area contributed by atoms with Crippen LogP contribution in [0.15, 0.2) is 22.7 Å². The third-order valence-electron chi connectivity index (χ3n) is 2.44. The van der Waals surface area contributed by atoms with Crippen LogP contribution in [0.3, 0.4) is 0 Å². The Morgan fingerprint density at radius 1 is 1.35 bits per heavy atom. The number of anilines is 1. The average Bonchev–Trinajstić information content (AvgIpc) is 2.35. The van der Waals surface area contributed by atoms with Crippen LogP contribution in [0.5, 0.6) is 0 Å². The van der Waals surface area contributed by atoms with Crippen LogP contribution in [-0.2, 0) is 4.74 Å². The molecule has 0 spiro atoms. The van der Waals surface area contributed by atoms with Crippen LogP contribution in [-0.4, -0.2) is 20.3 Å². The Labute approximate surface area is 111 Å². The summed E-state index contributed by atoms with van der Waals surface area (Å²) in [6.45, 7) is 1.71. The topological polar surface area (TPSA) is 45.0 Å². The molecule has 0 aliphatic rings. The highest BCUT2D eigenvalue weighted by atomic mass is 79.9. The number of nitriles is 1. The van der Waals surface area contributed by atoms with Crippen molar-refractivity contribution in [3.63, 3.8) is 0 Å². The molecule has 0 aromatic heterocycles. The van der Waals surface area contributed by atoms with Gasteiger partial charge in [-0.25, -0.2) is 0 Å². The van der Waals surface area contributed by atoms with E-state index in [4.69, 9.17) is 10.00 Å². The summed E-state index contributed by atoms with van der Waals surface area (Å²) < 4.78 is 5.92. The molecular weight excluding hydrogens is 280 g/mol. The molecule has 0 aliphatic heterocycles. The SMILES string of the molecule is COCCCCCNc1ccc(Br)cc1C#N. The van der Waals surface area contributed by atoms with Gasteiger partial charge in [0, 0.05) is 24.7 Å². The monoisotopic (exact) mass is 296 g/mol. The summed E-state index contributed by atoms with van der Waals surface area (Å²) in [5.74, 6) is 0. The maximum atomic E-state index is 8.99. The second-order valence-electron chi connectivity index (χ2n) is 3.78. The Balaban J connectivity index is 2.34. The Bertz CT molecular complexity index is 387. The zero-order chi connectivity index (χ0) is 12.5. The van der Waals surface area contributed by atoms with Crippen molar-refractivity contribution in [1.29, 1.82) is 5.26 Å².